The summed E-state index contributed by atoms with van der Waals surface area (Å²) in [6.45, 7) is 5.79. The van der Waals surface area contributed by atoms with Crippen LogP contribution in [0.1, 0.15) is 34.8 Å². The van der Waals surface area contributed by atoms with Crippen molar-refractivity contribution in [3.8, 4) is 0 Å². The third-order valence-corrected chi connectivity index (χ3v) is 4.91. The Kier molecular flexibility index (Phi) is 3.74. The van der Waals surface area contributed by atoms with Crippen molar-refractivity contribution >= 4 is 28.3 Å². The quantitative estimate of drug-likeness (QED) is 0.793. The summed E-state index contributed by atoms with van der Waals surface area (Å²) in [6, 6.07) is 7.49. The standard InChI is InChI=1S/C17H18N2O2S/c1-10-7-14-15(8-11(10)2)19(12(3)17(20)21)16(18-14)9-13-5-4-6-22-13/h4-8,12H,9H2,1-3H3,(H,20,21). The molecule has 0 amide bonds. The highest BCUT2D eigenvalue weighted by atomic mass is 32.1. The third kappa shape index (κ3) is 2.52. The van der Waals surface area contributed by atoms with E-state index in [2.05, 4.69) is 6.07 Å². The summed E-state index contributed by atoms with van der Waals surface area (Å²) in [5, 5.41) is 11.5. The van der Waals surface area contributed by atoms with E-state index in [4.69, 9.17) is 4.98 Å². The molecule has 0 fully saturated rings. The van der Waals surface area contributed by atoms with Crippen LogP contribution in [0.2, 0.25) is 0 Å². The molecule has 114 valence electrons. The first-order valence-corrected chi connectivity index (χ1v) is 8.08. The van der Waals surface area contributed by atoms with Crippen molar-refractivity contribution in [1.29, 1.82) is 0 Å². The minimum Gasteiger partial charge on any atom is -0.480 e. The van der Waals surface area contributed by atoms with Crippen molar-refractivity contribution in [3.05, 3.63) is 51.5 Å². The molecule has 1 unspecified atom stereocenters. The summed E-state index contributed by atoms with van der Waals surface area (Å²) in [5.41, 5.74) is 4.07. The average molecular weight is 314 g/mol. The van der Waals surface area contributed by atoms with Gasteiger partial charge in [0.15, 0.2) is 0 Å². The molecule has 1 atom stereocenters. The maximum Gasteiger partial charge on any atom is 0.326 e. The Labute approximate surface area is 133 Å². The van der Waals surface area contributed by atoms with Gasteiger partial charge in [0, 0.05) is 11.3 Å². The molecule has 2 aromatic heterocycles. The Balaban J connectivity index is 2.20. The van der Waals surface area contributed by atoms with E-state index in [1.54, 1.807) is 18.3 Å². The molecule has 0 bridgehead atoms. The molecule has 0 saturated heterocycles. The largest absolute Gasteiger partial charge is 0.480 e. The number of aryl methyl sites for hydroxylation is 2. The van der Waals surface area contributed by atoms with Crippen molar-refractivity contribution in [2.24, 2.45) is 0 Å². The number of benzene rings is 1. The number of carboxylic acids is 1. The summed E-state index contributed by atoms with van der Waals surface area (Å²) in [7, 11) is 0. The molecule has 3 rings (SSSR count). The smallest absolute Gasteiger partial charge is 0.326 e. The number of thiophene rings is 1. The molecule has 1 N–H and O–H groups in total. The Hall–Kier alpha value is -2.14. The van der Waals surface area contributed by atoms with Gasteiger partial charge in [0.1, 0.15) is 11.9 Å². The van der Waals surface area contributed by atoms with Crippen LogP contribution < -0.4 is 0 Å². The van der Waals surface area contributed by atoms with E-state index >= 15 is 0 Å². The number of nitrogens with zero attached hydrogens (tertiary/aromatic N) is 2. The van der Waals surface area contributed by atoms with Gasteiger partial charge in [0.05, 0.1) is 11.0 Å². The van der Waals surface area contributed by atoms with Gasteiger partial charge in [-0.2, -0.15) is 0 Å². The Morgan fingerprint density at radius 3 is 2.73 bits per heavy atom. The van der Waals surface area contributed by atoms with E-state index in [9.17, 15) is 9.90 Å². The second kappa shape index (κ2) is 5.57. The van der Waals surface area contributed by atoms with Crippen LogP contribution in [0.4, 0.5) is 0 Å². The van der Waals surface area contributed by atoms with Crippen LogP contribution in [0, 0.1) is 13.8 Å². The molecule has 5 heteroatoms. The fourth-order valence-corrected chi connectivity index (χ4v) is 3.34. The molecule has 1 aromatic carbocycles. The first-order chi connectivity index (χ1) is 10.5. The molecule has 0 aliphatic heterocycles. The van der Waals surface area contributed by atoms with Crippen LogP contribution in [0.15, 0.2) is 29.6 Å². The first kappa shape index (κ1) is 14.8. The minimum atomic E-state index is -0.843. The molecule has 2 heterocycles. The van der Waals surface area contributed by atoms with Gasteiger partial charge < -0.3 is 9.67 Å². The van der Waals surface area contributed by atoms with Crippen molar-refractivity contribution < 1.29 is 9.90 Å². The van der Waals surface area contributed by atoms with Crippen molar-refractivity contribution in [2.75, 3.05) is 0 Å². The Morgan fingerprint density at radius 1 is 1.36 bits per heavy atom. The highest BCUT2D eigenvalue weighted by Gasteiger charge is 2.21. The van der Waals surface area contributed by atoms with Crippen LogP contribution >= 0.6 is 11.3 Å². The van der Waals surface area contributed by atoms with Gasteiger partial charge in [-0.1, -0.05) is 6.07 Å². The number of rotatable bonds is 4. The summed E-state index contributed by atoms with van der Waals surface area (Å²) < 4.78 is 1.85. The maximum atomic E-state index is 11.5. The summed E-state index contributed by atoms with van der Waals surface area (Å²) >= 11 is 1.66. The molecule has 22 heavy (non-hydrogen) atoms. The second-order valence-corrected chi connectivity index (χ2v) is 6.63. The van der Waals surface area contributed by atoms with Crippen molar-refractivity contribution in [2.45, 2.75) is 33.2 Å². The monoisotopic (exact) mass is 314 g/mol. The molecular formula is C17H18N2O2S. The lowest BCUT2D eigenvalue weighted by Crippen LogP contribution is -2.18. The van der Waals surface area contributed by atoms with E-state index in [-0.39, 0.29) is 0 Å². The Morgan fingerprint density at radius 2 is 2.09 bits per heavy atom. The molecule has 3 aromatic rings. The number of aliphatic carboxylic acids is 1. The number of carbonyl (C=O) groups is 1. The van der Waals surface area contributed by atoms with Crippen LogP contribution in [0.5, 0.6) is 0 Å². The SMILES string of the molecule is Cc1cc2nc(Cc3cccs3)n(C(C)C(=O)O)c2cc1C. The van der Waals surface area contributed by atoms with Gasteiger partial charge in [-0.3, -0.25) is 0 Å². The van der Waals surface area contributed by atoms with Crippen LogP contribution in [-0.2, 0) is 11.2 Å². The Bertz CT molecular complexity index is 834. The topological polar surface area (TPSA) is 55.1 Å². The number of hydrogen-bond donors (Lipinski definition) is 1. The molecule has 0 spiro atoms. The predicted octanol–water partition coefficient (Wildman–Crippen LogP) is 3.95. The van der Waals surface area contributed by atoms with E-state index < -0.39 is 12.0 Å². The molecule has 0 saturated carbocycles. The summed E-state index contributed by atoms with van der Waals surface area (Å²) in [5.74, 6) is -0.0395. The fraction of sp³-hybridized carbons (Fsp3) is 0.294. The fourth-order valence-electron chi connectivity index (χ4n) is 2.64. The molecule has 0 radical (unpaired) electrons. The molecular weight excluding hydrogens is 296 g/mol. The number of carboxylic acid groups (broad SMARTS) is 1. The number of aromatic nitrogens is 2. The van der Waals surface area contributed by atoms with Gasteiger partial charge in [-0.15, -0.1) is 11.3 Å². The molecule has 4 nitrogen and oxygen atoms in total. The third-order valence-electron chi connectivity index (χ3n) is 4.04. The predicted molar refractivity (Wildman–Crippen MR) is 88.7 cm³/mol. The highest BCUT2D eigenvalue weighted by molar-refractivity contribution is 7.09. The average Bonchev–Trinajstić information content (AvgIpc) is 3.07. The van der Waals surface area contributed by atoms with Crippen LogP contribution in [0.25, 0.3) is 11.0 Å². The van der Waals surface area contributed by atoms with E-state index in [0.29, 0.717) is 6.42 Å². The maximum absolute atomic E-state index is 11.5. The van der Waals surface area contributed by atoms with E-state index in [1.807, 2.05) is 42.0 Å². The molecule has 0 aliphatic carbocycles. The molecule has 0 aliphatic rings. The first-order valence-electron chi connectivity index (χ1n) is 7.20. The van der Waals surface area contributed by atoms with Crippen molar-refractivity contribution in [3.63, 3.8) is 0 Å². The van der Waals surface area contributed by atoms with Gasteiger partial charge in [0.25, 0.3) is 0 Å². The zero-order chi connectivity index (χ0) is 15.9. The zero-order valence-corrected chi connectivity index (χ0v) is 13.6. The number of hydrogen-bond acceptors (Lipinski definition) is 3. The normalized spacial score (nSPS) is 12.7. The second-order valence-electron chi connectivity index (χ2n) is 5.59. The van der Waals surface area contributed by atoms with Gasteiger partial charge >= 0.3 is 5.97 Å². The van der Waals surface area contributed by atoms with Crippen LogP contribution in [0.3, 0.4) is 0 Å². The summed E-state index contributed by atoms with van der Waals surface area (Å²) in [4.78, 5) is 17.4. The van der Waals surface area contributed by atoms with Crippen LogP contribution in [-0.4, -0.2) is 20.6 Å². The summed E-state index contributed by atoms with van der Waals surface area (Å²) in [6.07, 6.45) is 0.655. The zero-order valence-electron chi connectivity index (χ0n) is 12.8. The minimum absolute atomic E-state index is 0.637. The van der Waals surface area contributed by atoms with E-state index in [0.717, 1.165) is 22.4 Å². The lowest BCUT2D eigenvalue weighted by molar-refractivity contribution is -0.140. The van der Waals surface area contributed by atoms with Gasteiger partial charge in [-0.25, -0.2) is 9.78 Å². The van der Waals surface area contributed by atoms with Gasteiger partial charge in [-0.05, 0) is 55.5 Å². The number of fused-ring (bicyclic) bond motifs is 1. The highest BCUT2D eigenvalue weighted by Crippen LogP contribution is 2.26. The van der Waals surface area contributed by atoms with E-state index in [1.165, 1.54) is 10.4 Å². The number of imidazole rings is 1. The lowest BCUT2D eigenvalue weighted by Gasteiger charge is -2.13. The van der Waals surface area contributed by atoms with Gasteiger partial charge in [0.2, 0.25) is 0 Å². The van der Waals surface area contributed by atoms with Crippen molar-refractivity contribution in [1.82, 2.24) is 9.55 Å². The lowest BCUT2D eigenvalue weighted by atomic mass is 10.1.